The number of anilines is 3. The molecule has 1 aromatic heterocycles. The molecular formula is C31H42N6O6. The number of carbonyl (C=O) groups is 2. The summed E-state index contributed by atoms with van der Waals surface area (Å²) in [5.74, 6) is 0.810. The van der Waals surface area contributed by atoms with Crippen LogP contribution >= 0.6 is 0 Å². The lowest BCUT2D eigenvalue weighted by Crippen LogP contribution is -2.45. The van der Waals surface area contributed by atoms with Crippen LogP contribution in [0, 0.1) is 12.8 Å². The number of nitrogens with one attached hydrogen (secondary N) is 2. The normalized spacial score (nSPS) is 14.0. The van der Waals surface area contributed by atoms with E-state index in [2.05, 4.69) is 20.6 Å². The average Bonchev–Trinajstić information content (AvgIpc) is 3.47. The maximum absolute atomic E-state index is 12.9. The van der Waals surface area contributed by atoms with Crippen LogP contribution in [0.2, 0.25) is 0 Å². The molecule has 1 atom stereocenters. The lowest BCUT2D eigenvalue weighted by Gasteiger charge is -2.22. The fraction of sp³-hybridized carbons (Fsp3) is 0.484. The van der Waals surface area contributed by atoms with Crippen molar-refractivity contribution in [2.75, 3.05) is 37.6 Å². The van der Waals surface area contributed by atoms with Crippen LogP contribution in [0.25, 0.3) is 10.9 Å². The van der Waals surface area contributed by atoms with E-state index in [1.807, 2.05) is 32.9 Å². The number of esters is 1. The minimum Gasteiger partial charge on any atom is -0.493 e. The monoisotopic (exact) mass is 594 g/mol. The van der Waals surface area contributed by atoms with Gasteiger partial charge in [0.25, 0.3) is 5.91 Å². The lowest BCUT2D eigenvalue weighted by atomic mass is 10.0. The van der Waals surface area contributed by atoms with Crippen molar-refractivity contribution in [1.82, 2.24) is 15.3 Å². The van der Waals surface area contributed by atoms with Crippen LogP contribution < -0.4 is 36.3 Å². The van der Waals surface area contributed by atoms with Crippen molar-refractivity contribution < 1.29 is 28.5 Å². The molecule has 1 aliphatic rings. The number of amides is 1. The fourth-order valence-corrected chi connectivity index (χ4v) is 5.31. The lowest BCUT2D eigenvalue weighted by molar-refractivity contribution is -0.153. The molecule has 12 heteroatoms. The number of ether oxygens (including phenoxy) is 4. The molecule has 0 spiro atoms. The summed E-state index contributed by atoms with van der Waals surface area (Å²) in [4.78, 5) is 34.1. The predicted molar refractivity (Wildman–Crippen MR) is 165 cm³/mol. The molecule has 4 rings (SSSR count). The van der Waals surface area contributed by atoms with Gasteiger partial charge in [-0.25, -0.2) is 9.78 Å². The van der Waals surface area contributed by atoms with Gasteiger partial charge < -0.3 is 41.0 Å². The number of benzene rings is 2. The number of nitrogens with two attached hydrogens (primary N) is 2. The Balaban J connectivity index is 1.43. The first-order chi connectivity index (χ1) is 20.6. The first-order valence-electron chi connectivity index (χ1n) is 14.5. The van der Waals surface area contributed by atoms with Crippen molar-refractivity contribution in [3.05, 3.63) is 35.4 Å². The molecule has 3 aromatic rings. The second-order valence-corrected chi connectivity index (χ2v) is 11.2. The second kappa shape index (κ2) is 14.1. The minimum atomic E-state index is -0.745. The van der Waals surface area contributed by atoms with Gasteiger partial charge in [-0.3, -0.25) is 4.79 Å². The molecule has 12 nitrogen and oxygen atoms in total. The summed E-state index contributed by atoms with van der Waals surface area (Å²) >= 11 is 0. The SMILES string of the molecule is COc1cc(NCc2ccc3nc(N)nc(N)c3c2C)cc(OC)c1OCC(=O)NC(CC(C)C)C(=O)OC1CCCC1. The van der Waals surface area contributed by atoms with E-state index in [1.54, 1.807) is 12.1 Å². The smallest absolute Gasteiger partial charge is 0.328 e. The van der Waals surface area contributed by atoms with Crippen LogP contribution in [-0.2, 0) is 20.9 Å². The van der Waals surface area contributed by atoms with E-state index in [0.29, 0.717) is 41.5 Å². The molecule has 1 saturated carbocycles. The van der Waals surface area contributed by atoms with Gasteiger partial charge in [-0.05, 0) is 62.1 Å². The zero-order valence-corrected chi connectivity index (χ0v) is 25.5. The van der Waals surface area contributed by atoms with Gasteiger partial charge in [0.1, 0.15) is 18.0 Å². The summed E-state index contributed by atoms with van der Waals surface area (Å²) < 4.78 is 22.7. The van der Waals surface area contributed by atoms with Crippen molar-refractivity contribution in [1.29, 1.82) is 0 Å². The van der Waals surface area contributed by atoms with E-state index in [0.717, 1.165) is 42.2 Å². The van der Waals surface area contributed by atoms with Crippen LogP contribution in [-0.4, -0.2) is 54.8 Å². The average molecular weight is 595 g/mol. The van der Waals surface area contributed by atoms with Crippen molar-refractivity contribution in [2.45, 2.75) is 71.6 Å². The van der Waals surface area contributed by atoms with Gasteiger partial charge >= 0.3 is 5.97 Å². The van der Waals surface area contributed by atoms with E-state index in [-0.39, 0.29) is 30.3 Å². The zero-order valence-electron chi connectivity index (χ0n) is 25.5. The van der Waals surface area contributed by atoms with Gasteiger partial charge in [-0.2, -0.15) is 4.98 Å². The number of methoxy groups -OCH3 is 2. The molecule has 232 valence electrons. The molecule has 1 amide bonds. The molecule has 1 aliphatic carbocycles. The number of hydrogen-bond donors (Lipinski definition) is 4. The molecule has 1 heterocycles. The van der Waals surface area contributed by atoms with Gasteiger partial charge in [0.15, 0.2) is 18.1 Å². The van der Waals surface area contributed by atoms with E-state index < -0.39 is 17.9 Å². The van der Waals surface area contributed by atoms with Crippen molar-refractivity contribution >= 4 is 40.2 Å². The number of carbonyl (C=O) groups excluding carboxylic acids is 2. The van der Waals surface area contributed by atoms with Gasteiger partial charge in [0.05, 0.1) is 19.7 Å². The highest BCUT2D eigenvalue weighted by atomic mass is 16.5. The molecule has 0 saturated heterocycles. The molecule has 0 aliphatic heterocycles. The van der Waals surface area contributed by atoms with E-state index in [1.165, 1.54) is 14.2 Å². The Labute approximate surface area is 251 Å². The molecule has 2 aromatic carbocycles. The van der Waals surface area contributed by atoms with E-state index >= 15 is 0 Å². The highest BCUT2D eigenvalue weighted by molar-refractivity contribution is 5.92. The van der Waals surface area contributed by atoms with Crippen LogP contribution in [0.5, 0.6) is 17.2 Å². The summed E-state index contributed by atoms with van der Waals surface area (Å²) in [6, 6.07) is 6.58. The number of fused-ring (bicyclic) bond motifs is 1. The maximum Gasteiger partial charge on any atom is 0.328 e. The van der Waals surface area contributed by atoms with E-state index in [4.69, 9.17) is 30.4 Å². The summed E-state index contributed by atoms with van der Waals surface area (Å²) in [7, 11) is 3.01. The molecule has 1 unspecified atom stereocenters. The Bertz CT molecular complexity index is 1430. The zero-order chi connectivity index (χ0) is 31.1. The van der Waals surface area contributed by atoms with Crippen LogP contribution in [0.15, 0.2) is 24.3 Å². The van der Waals surface area contributed by atoms with Crippen molar-refractivity contribution in [2.24, 2.45) is 5.92 Å². The van der Waals surface area contributed by atoms with Gasteiger partial charge in [0, 0.05) is 29.8 Å². The molecule has 43 heavy (non-hydrogen) atoms. The first kappa shape index (κ1) is 31.5. The Hall–Kier alpha value is -4.48. The number of nitrogens with zero attached hydrogens (tertiary/aromatic N) is 2. The number of aryl methyl sites for hydroxylation is 1. The topological polar surface area (TPSA) is 173 Å². The van der Waals surface area contributed by atoms with E-state index in [9.17, 15) is 9.59 Å². The van der Waals surface area contributed by atoms with Crippen LogP contribution in [0.4, 0.5) is 17.5 Å². The van der Waals surface area contributed by atoms with Crippen molar-refractivity contribution in [3.63, 3.8) is 0 Å². The standard InChI is InChI=1S/C31H42N6O6/c1-17(2)12-23(30(39)43-21-8-6-7-9-21)35-26(38)16-42-28-24(40-4)13-20(14-25(28)41-5)34-15-19-10-11-22-27(18(19)3)29(32)37-31(33)36-22/h10-11,13-14,17,21,23,34H,6-9,12,15-16H2,1-5H3,(H,35,38)(H4,32,33,36,37). The third-order valence-corrected chi connectivity index (χ3v) is 7.48. The third kappa shape index (κ3) is 7.88. The largest absolute Gasteiger partial charge is 0.493 e. The quantitative estimate of drug-likeness (QED) is 0.210. The van der Waals surface area contributed by atoms with Crippen LogP contribution in [0.3, 0.4) is 0 Å². The summed E-state index contributed by atoms with van der Waals surface area (Å²) in [5.41, 5.74) is 15.2. The van der Waals surface area contributed by atoms with Crippen LogP contribution in [0.1, 0.15) is 57.1 Å². The second-order valence-electron chi connectivity index (χ2n) is 11.2. The summed E-state index contributed by atoms with van der Waals surface area (Å²) in [5, 5.41) is 6.91. The highest BCUT2D eigenvalue weighted by Crippen LogP contribution is 2.40. The van der Waals surface area contributed by atoms with Gasteiger partial charge in [-0.1, -0.05) is 19.9 Å². The van der Waals surface area contributed by atoms with Gasteiger partial charge in [0.2, 0.25) is 11.7 Å². The molecule has 6 N–H and O–H groups in total. The highest BCUT2D eigenvalue weighted by Gasteiger charge is 2.28. The first-order valence-corrected chi connectivity index (χ1v) is 14.5. The number of rotatable bonds is 13. The van der Waals surface area contributed by atoms with Crippen molar-refractivity contribution in [3.8, 4) is 17.2 Å². The maximum atomic E-state index is 12.9. The molecule has 0 bridgehead atoms. The predicted octanol–water partition coefficient (Wildman–Crippen LogP) is 4.13. The Morgan fingerprint density at radius 3 is 2.35 bits per heavy atom. The Kier molecular flexibility index (Phi) is 10.3. The minimum absolute atomic E-state index is 0.0763. The summed E-state index contributed by atoms with van der Waals surface area (Å²) in [6.45, 7) is 6.07. The Morgan fingerprint density at radius 1 is 1.05 bits per heavy atom. The molecule has 1 fully saturated rings. The number of aromatic nitrogens is 2. The number of nitrogen functional groups attached to an aromatic ring is 2. The Morgan fingerprint density at radius 2 is 1.72 bits per heavy atom. The fourth-order valence-electron chi connectivity index (χ4n) is 5.31. The molecule has 0 radical (unpaired) electrons. The van der Waals surface area contributed by atoms with Gasteiger partial charge in [-0.15, -0.1) is 0 Å². The number of hydrogen-bond acceptors (Lipinski definition) is 11. The third-order valence-electron chi connectivity index (χ3n) is 7.48. The summed E-state index contributed by atoms with van der Waals surface area (Å²) in [6.07, 6.45) is 4.22. The molecular weight excluding hydrogens is 552 g/mol.